The van der Waals surface area contributed by atoms with E-state index < -0.39 is 0 Å². The highest BCUT2D eigenvalue weighted by Crippen LogP contribution is 2.41. The molecule has 3 N–H and O–H groups in total. The van der Waals surface area contributed by atoms with Crippen molar-refractivity contribution in [2.24, 2.45) is 0 Å². The molecule has 1 aliphatic carbocycles. The first-order valence-corrected chi connectivity index (χ1v) is 12.6. The predicted octanol–water partition coefficient (Wildman–Crippen LogP) is 6.58. The Hall–Kier alpha value is -4.20. The molecule has 2 aromatic heterocycles. The minimum absolute atomic E-state index is 0.222. The van der Waals surface area contributed by atoms with Crippen molar-refractivity contribution in [3.8, 4) is 0 Å². The lowest BCUT2D eigenvalue weighted by Gasteiger charge is -2.20. The Bertz CT molecular complexity index is 1500. The monoisotopic (exact) mass is 496 g/mol. The molecule has 4 aromatic rings. The second kappa shape index (κ2) is 9.35. The van der Waals surface area contributed by atoms with Gasteiger partial charge in [0, 0.05) is 28.7 Å². The van der Waals surface area contributed by atoms with E-state index >= 15 is 0 Å². The fraction of sp³-hybridized carbons (Fsp3) is 0.310. The van der Waals surface area contributed by atoms with Crippen LogP contribution in [0.25, 0.3) is 11.0 Å². The number of pyridine rings is 1. The van der Waals surface area contributed by atoms with Crippen LogP contribution in [-0.2, 0) is 5.54 Å². The van der Waals surface area contributed by atoms with Gasteiger partial charge in [0.15, 0.2) is 5.65 Å². The summed E-state index contributed by atoms with van der Waals surface area (Å²) in [4.78, 5) is 31.1. The van der Waals surface area contributed by atoms with E-state index in [9.17, 15) is 9.59 Å². The van der Waals surface area contributed by atoms with Gasteiger partial charge in [0.05, 0.1) is 22.2 Å². The molecule has 0 aliphatic heterocycles. The summed E-state index contributed by atoms with van der Waals surface area (Å²) < 4.78 is 1.92. The van der Waals surface area contributed by atoms with Crippen molar-refractivity contribution >= 4 is 40.0 Å². The standard InChI is InChI=1S/C29H32N6O2/c1-17-11-14-21(31-28(37)30-20-9-7-6-8-10-20)15-23(17)33-27(36)22-16-24(19-12-13-19)32-26-25(22)18(2)34-35(26)29(3,4)5/h6-11,14-16,19H,12-13H2,1-5H3,(H,33,36)(H2,30,31,37). The average molecular weight is 497 g/mol. The number of benzene rings is 2. The SMILES string of the molecule is Cc1ccc(NC(=O)Nc2ccccc2)cc1NC(=O)c1cc(C2CC2)nc2c1c(C)nn2C(C)(C)C. The molecule has 1 saturated carbocycles. The van der Waals surface area contributed by atoms with Crippen LogP contribution in [0.15, 0.2) is 54.6 Å². The van der Waals surface area contributed by atoms with Gasteiger partial charge in [0.2, 0.25) is 0 Å². The molecule has 1 aliphatic rings. The van der Waals surface area contributed by atoms with Crippen LogP contribution in [0.1, 0.15) is 66.8 Å². The molecule has 190 valence electrons. The number of hydrogen-bond donors (Lipinski definition) is 3. The number of urea groups is 1. The topological polar surface area (TPSA) is 101 Å². The van der Waals surface area contributed by atoms with Gasteiger partial charge in [-0.15, -0.1) is 0 Å². The number of anilines is 3. The molecule has 0 unspecified atom stereocenters. The maximum absolute atomic E-state index is 13.7. The van der Waals surface area contributed by atoms with Gasteiger partial charge in [0.1, 0.15) is 0 Å². The van der Waals surface area contributed by atoms with Crippen LogP contribution in [0.3, 0.4) is 0 Å². The van der Waals surface area contributed by atoms with E-state index in [-0.39, 0.29) is 17.5 Å². The van der Waals surface area contributed by atoms with Crippen molar-refractivity contribution in [2.45, 2.75) is 58.9 Å². The summed E-state index contributed by atoms with van der Waals surface area (Å²) in [5.74, 6) is 0.164. The third-order valence-electron chi connectivity index (χ3n) is 6.48. The number of amides is 3. The molecule has 5 rings (SSSR count). The highest BCUT2D eigenvalue weighted by Gasteiger charge is 2.30. The zero-order chi connectivity index (χ0) is 26.3. The van der Waals surface area contributed by atoms with Crippen LogP contribution in [0, 0.1) is 13.8 Å². The van der Waals surface area contributed by atoms with Crippen LogP contribution >= 0.6 is 0 Å². The minimum Gasteiger partial charge on any atom is -0.322 e. The van der Waals surface area contributed by atoms with Crippen molar-refractivity contribution < 1.29 is 9.59 Å². The summed E-state index contributed by atoms with van der Waals surface area (Å²) in [6.45, 7) is 10.1. The lowest BCUT2D eigenvalue weighted by molar-refractivity contribution is 0.102. The average Bonchev–Trinajstić information content (AvgIpc) is 3.64. The van der Waals surface area contributed by atoms with Gasteiger partial charge in [-0.2, -0.15) is 5.10 Å². The number of carbonyl (C=O) groups is 2. The van der Waals surface area contributed by atoms with Gasteiger partial charge in [-0.05, 0) is 83.4 Å². The molecule has 37 heavy (non-hydrogen) atoms. The van der Waals surface area contributed by atoms with E-state index in [1.165, 1.54) is 0 Å². The number of nitrogens with zero attached hydrogens (tertiary/aromatic N) is 3. The predicted molar refractivity (Wildman–Crippen MR) is 147 cm³/mol. The quantitative estimate of drug-likeness (QED) is 0.291. The Kier molecular flexibility index (Phi) is 6.19. The molecular formula is C29H32N6O2. The third kappa shape index (κ3) is 5.18. The van der Waals surface area contributed by atoms with Crippen LogP contribution in [0.2, 0.25) is 0 Å². The lowest BCUT2D eigenvalue weighted by atomic mass is 10.1. The van der Waals surface area contributed by atoms with Crippen LogP contribution in [-0.4, -0.2) is 26.7 Å². The number of fused-ring (bicyclic) bond motifs is 1. The second-order valence-electron chi connectivity index (χ2n) is 10.7. The van der Waals surface area contributed by atoms with Crippen molar-refractivity contribution in [3.63, 3.8) is 0 Å². The van der Waals surface area contributed by atoms with Gasteiger partial charge in [-0.3, -0.25) is 4.79 Å². The van der Waals surface area contributed by atoms with Crippen molar-refractivity contribution in [3.05, 3.63) is 77.1 Å². The summed E-state index contributed by atoms with van der Waals surface area (Å²) in [5, 5.41) is 14.2. The molecule has 0 radical (unpaired) electrons. The van der Waals surface area contributed by atoms with Gasteiger partial charge in [-0.1, -0.05) is 24.3 Å². The molecule has 0 spiro atoms. The van der Waals surface area contributed by atoms with Crippen molar-refractivity contribution in [1.82, 2.24) is 14.8 Å². The zero-order valence-electron chi connectivity index (χ0n) is 21.8. The fourth-order valence-corrected chi connectivity index (χ4v) is 4.38. The smallest absolute Gasteiger partial charge is 0.322 e. The van der Waals surface area contributed by atoms with E-state index in [1.807, 2.05) is 67.1 Å². The van der Waals surface area contributed by atoms with E-state index in [0.29, 0.717) is 28.5 Å². The van der Waals surface area contributed by atoms with Crippen molar-refractivity contribution in [1.29, 1.82) is 0 Å². The maximum Gasteiger partial charge on any atom is 0.323 e. The molecular weight excluding hydrogens is 464 g/mol. The van der Waals surface area contributed by atoms with Crippen molar-refractivity contribution in [2.75, 3.05) is 16.0 Å². The van der Waals surface area contributed by atoms with Gasteiger partial charge >= 0.3 is 6.03 Å². The molecule has 3 amide bonds. The molecule has 0 atom stereocenters. The maximum atomic E-state index is 13.7. The van der Waals surface area contributed by atoms with Crippen LogP contribution in [0.5, 0.6) is 0 Å². The molecule has 8 heteroatoms. The second-order valence-corrected chi connectivity index (χ2v) is 10.7. The normalized spacial score (nSPS) is 13.4. The fourth-order valence-electron chi connectivity index (χ4n) is 4.38. The highest BCUT2D eigenvalue weighted by atomic mass is 16.2. The first-order valence-electron chi connectivity index (χ1n) is 12.6. The molecule has 1 fully saturated rings. The van der Waals surface area contributed by atoms with Crippen LogP contribution < -0.4 is 16.0 Å². The van der Waals surface area contributed by atoms with E-state index in [4.69, 9.17) is 10.1 Å². The van der Waals surface area contributed by atoms with Gasteiger partial charge in [-0.25, -0.2) is 14.5 Å². The Balaban J connectivity index is 1.44. The Morgan fingerprint density at radius 1 is 0.919 bits per heavy atom. The summed E-state index contributed by atoms with van der Waals surface area (Å²) in [5.41, 5.74) is 5.53. The summed E-state index contributed by atoms with van der Waals surface area (Å²) in [7, 11) is 0. The van der Waals surface area contributed by atoms with E-state index in [0.717, 1.165) is 40.8 Å². The number of aryl methyl sites for hydroxylation is 2. The number of carbonyl (C=O) groups excluding carboxylic acids is 2. The molecule has 8 nitrogen and oxygen atoms in total. The number of nitrogens with one attached hydrogen (secondary N) is 3. The summed E-state index contributed by atoms with van der Waals surface area (Å²) >= 11 is 0. The zero-order valence-corrected chi connectivity index (χ0v) is 21.8. The Morgan fingerprint density at radius 2 is 1.62 bits per heavy atom. The minimum atomic E-state index is -0.359. The number of rotatable bonds is 5. The number of para-hydroxylation sites is 1. The Labute approximate surface area is 216 Å². The summed E-state index contributed by atoms with van der Waals surface area (Å²) in [6.07, 6.45) is 2.17. The first-order chi connectivity index (χ1) is 17.6. The van der Waals surface area contributed by atoms with E-state index in [2.05, 4.69) is 36.7 Å². The van der Waals surface area contributed by atoms with E-state index in [1.54, 1.807) is 6.07 Å². The molecule has 2 aromatic carbocycles. The Morgan fingerprint density at radius 3 is 2.30 bits per heavy atom. The number of aromatic nitrogens is 3. The molecule has 0 saturated heterocycles. The third-order valence-corrected chi connectivity index (χ3v) is 6.48. The molecule has 2 heterocycles. The first kappa shape index (κ1) is 24.5. The lowest BCUT2D eigenvalue weighted by Crippen LogP contribution is -2.24. The largest absolute Gasteiger partial charge is 0.323 e. The number of hydrogen-bond acceptors (Lipinski definition) is 4. The molecule has 0 bridgehead atoms. The van der Waals surface area contributed by atoms with Gasteiger partial charge < -0.3 is 16.0 Å². The highest BCUT2D eigenvalue weighted by molar-refractivity contribution is 6.13. The summed E-state index contributed by atoms with van der Waals surface area (Å²) in [6, 6.07) is 16.2. The van der Waals surface area contributed by atoms with Crippen LogP contribution in [0.4, 0.5) is 21.9 Å². The van der Waals surface area contributed by atoms with Gasteiger partial charge in [0.25, 0.3) is 5.91 Å².